The predicted octanol–water partition coefficient (Wildman–Crippen LogP) is 2.42. The smallest absolute Gasteiger partial charge is 0.320 e. The van der Waals surface area contributed by atoms with E-state index in [1.807, 2.05) is 18.2 Å². The summed E-state index contributed by atoms with van der Waals surface area (Å²) >= 11 is 0. The lowest BCUT2D eigenvalue weighted by molar-refractivity contribution is -0.170. The molecule has 1 aliphatic carbocycles. The number of nitrogens with zero attached hydrogens (tertiary/aromatic N) is 1. The lowest BCUT2D eigenvalue weighted by atomic mass is 9.65. The van der Waals surface area contributed by atoms with Crippen LogP contribution in [0.15, 0.2) is 30.3 Å². The maximum Gasteiger partial charge on any atom is 0.320 e. The number of ether oxygens (including phenoxy) is 1. The molecule has 1 aromatic rings. The Morgan fingerprint density at radius 3 is 2.86 bits per heavy atom. The van der Waals surface area contributed by atoms with Crippen molar-refractivity contribution in [3.8, 4) is 0 Å². The van der Waals surface area contributed by atoms with E-state index in [4.69, 9.17) is 4.74 Å². The molecule has 22 heavy (non-hydrogen) atoms. The van der Waals surface area contributed by atoms with Crippen LogP contribution in [0, 0.1) is 11.3 Å². The molecule has 0 aromatic heterocycles. The highest BCUT2D eigenvalue weighted by molar-refractivity contribution is 6.06. The Kier molecular flexibility index (Phi) is 4.30. The van der Waals surface area contributed by atoms with Crippen LogP contribution < -0.4 is 0 Å². The van der Waals surface area contributed by atoms with Crippen molar-refractivity contribution >= 4 is 11.8 Å². The number of ketones is 1. The van der Waals surface area contributed by atoms with Gasteiger partial charge >= 0.3 is 5.97 Å². The lowest BCUT2D eigenvalue weighted by Gasteiger charge is -2.46. The molecule has 0 spiro atoms. The third-order valence-electron chi connectivity index (χ3n) is 4.89. The third-order valence-corrected chi connectivity index (χ3v) is 4.89. The number of carbonyl (C=O) groups is 2. The minimum Gasteiger partial charge on any atom is -0.465 e. The first-order valence-corrected chi connectivity index (χ1v) is 8.13. The van der Waals surface area contributed by atoms with Gasteiger partial charge in [0, 0.05) is 25.6 Å². The highest BCUT2D eigenvalue weighted by Crippen LogP contribution is 2.42. The Hall–Kier alpha value is -1.68. The number of fused-ring (bicyclic) bond motifs is 2. The first-order chi connectivity index (χ1) is 10.7. The van der Waals surface area contributed by atoms with Gasteiger partial charge in [-0.2, -0.15) is 0 Å². The van der Waals surface area contributed by atoms with Crippen molar-refractivity contribution < 1.29 is 14.3 Å². The van der Waals surface area contributed by atoms with E-state index in [2.05, 4.69) is 17.0 Å². The molecule has 1 aliphatic heterocycles. The minimum absolute atomic E-state index is 0.0179. The van der Waals surface area contributed by atoms with E-state index < -0.39 is 5.41 Å². The Morgan fingerprint density at radius 1 is 1.36 bits per heavy atom. The van der Waals surface area contributed by atoms with Crippen molar-refractivity contribution in [1.29, 1.82) is 0 Å². The fourth-order valence-electron chi connectivity index (χ4n) is 3.88. The van der Waals surface area contributed by atoms with Crippen molar-refractivity contribution in [2.75, 3.05) is 19.7 Å². The SMILES string of the molecule is CCOC(=O)C12CCCC(CN(Cc3ccccc3)C1)C2=O. The summed E-state index contributed by atoms with van der Waals surface area (Å²) in [6.07, 6.45) is 2.46. The third kappa shape index (κ3) is 2.68. The minimum atomic E-state index is -0.925. The number of likely N-dealkylation sites (tertiary alicyclic amines) is 1. The maximum atomic E-state index is 12.7. The second-order valence-corrected chi connectivity index (χ2v) is 6.41. The van der Waals surface area contributed by atoms with Gasteiger partial charge < -0.3 is 4.74 Å². The van der Waals surface area contributed by atoms with Crippen LogP contribution in [0.1, 0.15) is 31.7 Å². The number of Topliss-reactive ketones (excluding diaryl/α,β-unsaturated/α-hetero) is 1. The van der Waals surface area contributed by atoms with Crippen LogP contribution >= 0.6 is 0 Å². The van der Waals surface area contributed by atoms with E-state index >= 15 is 0 Å². The first-order valence-electron chi connectivity index (χ1n) is 8.13. The van der Waals surface area contributed by atoms with Crippen LogP contribution in [0.4, 0.5) is 0 Å². The lowest BCUT2D eigenvalue weighted by Crippen LogP contribution is -2.59. The molecule has 0 amide bonds. The zero-order chi connectivity index (χ0) is 15.6. The molecule has 3 rings (SSSR count). The second kappa shape index (κ2) is 6.21. The Bertz CT molecular complexity index is 557. The van der Waals surface area contributed by atoms with Crippen LogP contribution in [0.25, 0.3) is 0 Å². The standard InChI is InChI=1S/C18H23NO3/c1-2-22-17(21)18-10-6-9-15(16(18)20)12-19(13-18)11-14-7-4-3-5-8-14/h3-5,7-8,15H,2,6,9-13H2,1H3. The molecule has 2 unspecified atom stereocenters. The summed E-state index contributed by atoms with van der Waals surface area (Å²) in [7, 11) is 0. The molecule has 2 atom stereocenters. The van der Waals surface area contributed by atoms with Gasteiger partial charge in [0.15, 0.2) is 5.78 Å². The Morgan fingerprint density at radius 2 is 2.14 bits per heavy atom. The van der Waals surface area contributed by atoms with Gasteiger partial charge in [-0.1, -0.05) is 36.8 Å². The fraction of sp³-hybridized carbons (Fsp3) is 0.556. The molecular weight excluding hydrogens is 278 g/mol. The molecular formula is C18H23NO3. The van der Waals surface area contributed by atoms with Crippen LogP contribution in [0.5, 0.6) is 0 Å². The van der Waals surface area contributed by atoms with Gasteiger partial charge in [0.1, 0.15) is 5.41 Å². The average molecular weight is 301 g/mol. The number of esters is 1. The van der Waals surface area contributed by atoms with Crippen LogP contribution in [0.3, 0.4) is 0 Å². The topological polar surface area (TPSA) is 46.6 Å². The largest absolute Gasteiger partial charge is 0.465 e. The van der Waals surface area contributed by atoms with Crippen molar-refractivity contribution in [3.63, 3.8) is 0 Å². The quantitative estimate of drug-likeness (QED) is 0.633. The summed E-state index contributed by atoms with van der Waals surface area (Å²) in [4.78, 5) is 27.4. The summed E-state index contributed by atoms with van der Waals surface area (Å²) in [5, 5.41) is 0. The molecule has 0 radical (unpaired) electrons. The van der Waals surface area contributed by atoms with E-state index in [9.17, 15) is 9.59 Å². The molecule has 2 aliphatic rings. The van der Waals surface area contributed by atoms with Crippen molar-refractivity contribution in [3.05, 3.63) is 35.9 Å². The fourth-order valence-corrected chi connectivity index (χ4v) is 3.88. The number of piperidine rings is 1. The molecule has 4 heteroatoms. The van der Waals surface area contributed by atoms with Crippen molar-refractivity contribution in [2.24, 2.45) is 11.3 Å². The summed E-state index contributed by atoms with van der Waals surface area (Å²) in [6, 6.07) is 10.2. The molecule has 118 valence electrons. The monoisotopic (exact) mass is 301 g/mol. The van der Waals surface area contributed by atoms with Gasteiger partial charge in [0.2, 0.25) is 0 Å². The molecule has 1 heterocycles. The zero-order valence-electron chi connectivity index (χ0n) is 13.1. The van der Waals surface area contributed by atoms with Gasteiger partial charge in [0.25, 0.3) is 0 Å². The van der Waals surface area contributed by atoms with Gasteiger partial charge in [-0.3, -0.25) is 14.5 Å². The Balaban J connectivity index is 1.82. The summed E-state index contributed by atoms with van der Waals surface area (Å²) in [5.74, 6) is -0.223. The van der Waals surface area contributed by atoms with Crippen molar-refractivity contribution in [1.82, 2.24) is 4.90 Å². The molecule has 1 aromatic carbocycles. The van der Waals surface area contributed by atoms with E-state index in [0.29, 0.717) is 19.6 Å². The predicted molar refractivity (Wildman–Crippen MR) is 83.1 cm³/mol. The average Bonchev–Trinajstić information content (AvgIpc) is 2.50. The summed E-state index contributed by atoms with van der Waals surface area (Å²) in [6.45, 7) is 4.16. The zero-order valence-corrected chi connectivity index (χ0v) is 13.1. The molecule has 4 nitrogen and oxygen atoms in total. The van der Waals surface area contributed by atoms with Crippen LogP contribution in [-0.4, -0.2) is 36.3 Å². The number of rotatable bonds is 4. The number of hydrogen-bond acceptors (Lipinski definition) is 4. The van der Waals surface area contributed by atoms with Gasteiger partial charge in [-0.05, 0) is 25.3 Å². The molecule has 2 fully saturated rings. The second-order valence-electron chi connectivity index (χ2n) is 6.41. The summed E-state index contributed by atoms with van der Waals surface area (Å²) < 4.78 is 5.24. The van der Waals surface area contributed by atoms with Crippen molar-refractivity contribution in [2.45, 2.75) is 32.7 Å². The van der Waals surface area contributed by atoms with Crippen LogP contribution in [0.2, 0.25) is 0 Å². The number of hydrogen-bond donors (Lipinski definition) is 0. The molecule has 2 bridgehead atoms. The molecule has 0 N–H and O–H groups in total. The van der Waals surface area contributed by atoms with E-state index in [-0.39, 0.29) is 17.7 Å². The molecule has 1 saturated heterocycles. The highest BCUT2D eigenvalue weighted by Gasteiger charge is 2.55. The Labute approximate surface area is 131 Å². The summed E-state index contributed by atoms with van der Waals surface area (Å²) in [5.41, 5.74) is 0.292. The highest BCUT2D eigenvalue weighted by atomic mass is 16.5. The van der Waals surface area contributed by atoms with Gasteiger partial charge in [0.05, 0.1) is 6.61 Å². The van der Waals surface area contributed by atoms with Gasteiger partial charge in [-0.15, -0.1) is 0 Å². The number of carbonyl (C=O) groups excluding carboxylic acids is 2. The van der Waals surface area contributed by atoms with Crippen LogP contribution in [-0.2, 0) is 20.9 Å². The van der Waals surface area contributed by atoms with Gasteiger partial charge in [-0.25, -0.2) is 0 Å². The van der Waals surface area contributed by atoms with E-state index in [1.165, 1.54) is 5.56 Å². The number of benzene rings is 1. The maximum absolute atomic E-state index is 12.7. The normalized spacial score (nSPS) is 28.4. The molecule has 1 saturated carbocycles. The first kappa shape index (κ1) is 15.2. The van der Waals surface area contributed by atoms with E-state index in [0.717, 1.165) is 25.9 Å². The van der Waals surface area contributed by atoms with E-state index in [1.54, 1.807) is 6.92 Å².